The second kappa shape index (κ2) is 5.82. The molecule has 17 heavy (non-hydrogen) atoms. The number of imidazole rings is 1. The number of hydrogen-bond donors (Lipinski definition) is 1. The molecule has 2 heterocycles. The van der Waals surface area contributed by atoms with E-state index in [1.165, 1.54) is 6.42 Å². The molecular formula is C12H19N3O2. The Morgan fingerprint density at radius 3 is 3.29 bits per heavy atom. The van der Waals surface area contributed by atoms with E-state index < -0.39 is 0 Å². The van der Waals surface area contributed by atoms with E-state index in [1.807, 2.05) is 17.7 Å². The summed E-state index contributed by atoms with van der Waals surface area (Å²) in [6, 6.07) is 0. The summed E-state index contributed by atoms with van der Waals surface area (Å²) in [6.07, 6.45) is 5.90. The average Bonchev–Trinajstić information content (AvgIpc) is 2.78. The van der Waals surface area contributed by atoms with Crippen LogP contribution < -0.4 is 5.32 Å². The third-order valence-electron chi connectivity index (χ3n) is 3.06. The SMILES string of the molecule is CCOC(=O)Cn1cncc1C1CCCNC1. The van der Waals surface area contributed by atoms with Gasteiger partial charge in [0.2, 0.25) is 0 Å². The van der Waals surface area contributed by atoms with Crippen LogP contribution in [0.5, 0.6) is 0 Å². The molecule has 1 aromatic heterocycles. The first-order valence-corrected chi connectivity index (χ1v) is 6.17. The predicted molar refractivity (Wildman–Crippen MR) is 63.7 cm³/mol. The summed E-state index contributed by atoms with van der Waals surface area (Å²) < 4.78 is 6.85. The molecular weight excluding hydrogens is 218 g/mol. The highest BCUT2D eigenvalue weighted by molar-refractivity contribution is 5.69. The fourth-order valence-electron chi connectivity index (χ4n) is 2.25. The van der Waals surface area contributed by atoms with Crippen LogP contribution in [0.25, 0.3) is 0 Å². The Morgan fingerprint density at radius 1 is 1.71 bits per heavy atom. The Hall–Kier alpha value is -1.36. The van der Waals surface area contributed by atoms with Crippen LogP contribution in [0, 0.1) is 0 Å². The van der Waals surface area contributed by atoms with Gasteiger partial charge in [0.05, 0.1) is 12.9 Å². The molecule has 5 nitrogen and oxygen atoms in total. The van der Waals surface area contributed by atoms with Gasteiger partial charge >= 0.3 is 5.97 Å². The van der Waals surface area contributed by atoms with Crippen molar-refractivity contribution in [1.82, 2.24) is 14.9 Å². The molecule has 0 amide bonds. The molecule has 1 aliphatic heterocycles. The van der Waals surface area contributed by atoms with Crippen molar-refractivity contribution in [2.24, 2.45) is 0 Å². The lowest BCUT2D eigenvalue weighted by Gasteiger charge is -2.23. The van der Waals surface area contributed by atoms with Crippen molar-refractivity contribution in [3.8, 4) is 0 Å². The second-order valence-corrected chi connectivity index (χ2v) is 4.29. The highest BCUT2D eigenvalue weighted by Gasteiger charge is 2.19. The Morgan fingerprint density at radius 2 is 2.59 bits per heavy atom. The molecule has 1 unspecified atom stereocenters. The van der Waals surface area contributed by atoms with Gasteiger partial charge in [-0.2, -0.15) is 0 Å². The quantitative estimate of drug-likeness (QED) is 0.791. The largest absolute Gasteiger partial charge is 0.465 e. The Bertz CT molecular complexity index is 370. The molecule has 0 radical (unpaired) electrons. The maximum absolute atomic E-state index is 11.5. The molecule has 1 atom stereocenters. The van der Waals surface area contributed by atoms with Gasteiger partial charge in [-0.3, -0.25) is 4.79 Å². The van der Waals surface area contributed by atoms with E-state index in [9.17, 15) is 4.79 Å². The number of ether oxygens (including phenoxy) is 1. The summed E-state index contributed by atoms with van der Waals surface area (Å²) in [5.74, 6) is 0.260. The van der Waals surface area contributed by atoms with Crippen LogP contribution in [0.15, 0.2) is 12.5 Å². The van der Waals surface area contributed by atoms with Crippen LogP contribution in [0.4, 0.5) is 0 Å². The summed E-state index contributed by atoms with van der Waals surface area (Å²) in [5.41, 5.74) is 1.13. The molecule has 1 saturated heterocycles. The Kier molecular flexibility index (Phi) is 4.14. The summed E-state index contributed by atoms with van der Waals surface area (Å²) >= 11 is 0. The highest BCUT2D eigenvalue weighted by atomic mass is 16.5. The molecule has 0 aliphatic carbocycles. The lowest BCUT2D eigenvalue weighted by molar-refractivity contribution is -0.143. The van der Waals surface area contributed by atoms with E-state index in [0.717, 1.165) is 25.2 Å². The van der Waals surface area contributed by atoms with E-state index in [2.05, 4.69) is 10.3 Å². The highest BCUT2D eigenvalue weighted by Crippen LogP contribution is 2.22. The minimum atomic E-state index is -0.199. The van der Waals surface area contributed by atoms with Crippen molar-refractivity contribution < 1.29 is 9.53 Å². The number of carbonyl (C=O) groups excluding carboxylic acids is 1. The van der Waals surface area contributed by atoms with Crippen LogP contribution in [0.2, 0.25) is 0 Å². The van der Waals surface area contributed by atoms with Gasteiger partial charge in [0.15, 0.2) is 0 Å². The Labute approximate surface area is 101 Å². The van der Waals surface area contributed by atoms with Gasteiger partial charge in [-0.05, 0) is 26.3 Å². The van der Waals surface area contributed by atoms with Gasteiger partial charge < -0.3 is 14.6 Å². The van der Waals surface area contributed by atoms with Crippen molar-refractivity contribution in [1.29, 1.82) is 0 Å². The number of nitrogens with zero attached hydrogens (tertiary/aromatic N) is 2. The van der Waals surface area contributed by atoms with Crippen molar-refractivity contribution in [3.63, 3.8) is 0 Å². The fraction of sp³-hybridized carbons (Fsp3) is 0.667. The Balaban J connectivity index is 2.02. The molecule has 94 valence electrons. The molecule has 1 fully saturated rings. The summed E-state index contributed by atoms with van der Waals surface area (Å²) in [7, 11) is 0. The average molecular weight is 237 g/mol. The van der Waals surface area contributed by atoms with Crippen LogP contribution in [-0.2, 0) is 16.1 Å². The predicted octanol–water partition coefficient (Wildman–Crippen LogP) is 0.913. The fourth-order valence-corrected chi connectivity index (χ4v) is 2.25. The number of aromatic nitrogens is 2. The van der Waals surface area contributed by atoms with Crippen LogP contribution in [-0.4, -0.2) is 35.2 Å². The van der Waals surface area contributed by atoms with Gasteiger partial charge in [0.1, 0.15) is 6.54 Å². The molecule has 1 aromatic rings. The molecule has 1 aliphatic rings. The minimum Gasteiger partial charge on any atom is -0.465 e. The van der Waals surface area contributed by atoms with Crippen molar-refractivity contribution in [3.05, 3.63) is 18.2 Å². The molecule has 0 spiro atoms. The molecule has 2 rings (SSSR count). The smallest absolute Gasteiger partial charge is 0.325 e. The lowest BCUT2D eigenvalue weighted by atomic mass is 9.96. The normalized spacial score (nSPS) is 20.2. The van der Waals surface area contributed by atoms with Crippen molar-refractivity contribution in [2.75, 3.05) is 19.7 Å². The first-order valence-electron chi connectivity index (χ1n) is 6.17. The van der Waals surface area contributed by atoms with Crippen LogP contribution in [0.1, 0.15) is 31.4 Å². The number of hydrogen-bond acceptors (Lipinski definition) is 4. The zero-order valence-electron chi connectivity index (χ0n) is 10.2. The number of rotatable bonds is 4. The number of carbonyl (C=O) groups is 1. The number of esters is 1. The molecule has 5 heteroatoms. The first-order chi connectivity index (χ1) is 8.31. The third-order valence-corrected chi connectivity index (χ3v) is 3.06. The second-order valence-electron chi connectivity index (χ2n) is 4.29. The molecule has 1 N–H and O–H groups in total. The van der Waals surface area contributed by atoms with Crippen LogP contribution in [0.3, 0.4) is 0 Å². The molecule has 0 aromatic carbocycles. The van der Waals surface area contributed by atoms with E-state index in [-0.39, 0.29) is 12.5 Å². The number of piperidine rings is 1. The van der Waals surface area contributed by atoms with Gasteiger partial charge in [0.25, 0.3) is 0 Å². The topological polar surface area (TPSA) is 56.2 Å². The zero-order valence-corrected chi connectivity index (χ0v) is 10.2. The van der Waals surface area contributed by atoms with E-state index in [1.54, 1.807) is 6.33 Å². The van der Waals surface area contributed by atoms with E-state index in [0.29, 0.717) is 12.5 Å². The lowest BCUT2D eigenvalue weighted by Crippen LogP contribution is -2.30. The van der Waals surface area contributed by atoms with Crippen LogP contribution >= 0.6 is 0 Å². The minimum absolute atomic E-state index is 0.199. The monoisotopic (exact) mass is 237 g/mol. The van der Waals surface area contributed by atoms with Crippen molar-refractivity contribution in [2.45, 2.75) is 32.2 Å². The van der Waals surface area contributed by atoms with Gasteiger partial charge in [-0.1, -0.05) is 0 Å². The standard InChI is InChI=1S/C12H19N3O2/c1-2-17-12(16)8-15-9-14-7-11(15)10-4-3-5-13-6-10/h7,9-10,13H,2-6,8H2,1H3. The summed E-state index contributed by atoms with van der Waals surface area (Å²) in [5, 5.41) is 3.37. The van der Waals surface area contributed by atoms with Crippen molar-refractivity contribution >= 4 is 5.97 Å². The number of nitrogens with one attached hydrogen (secondary N) is 1. The first kappa shape index (κ1) is 12.1. The van der Waals surface area contributed by atoms with E-state index >= 15 is 0 Å². The van der Waals surface area contributed by atoms with Gasteiger partial charge in [-0.25, -0.2) is 4.98 Å². The van der Waals surface area contributed by atoms with E-state index in [4.69, 9.17) is 4.74 Å². The summed E-state index contributed by atoms with van der Waals surface area (Å²) in [6.45, 7) is 4.56. The zero-order chi connectivity index (χ0) is 12.1. The van der Waals surface area contributed by atoms with Gasteiger partial charge in [-0.15, -0.1) is 0 Å². The summed E-state index contributed by atoms with van der Waals surface area (Å²) in [4.78, 5) is 15.6. The van der Waals surface area contributed by atoms with Gasteiger partial charge in [0, 0.05) is 24.4 Å². The molecule has 0 bridgehead atoms. The third kappa shape index (κ3) is 3.06. The maximum atomic E-state index is 11.5. The molecule has 0 saturated carbocycles. The maximum Gasteiger partial charge on any atom is 0.325 e.